The lowest BCUT2D eigenvalue weighted by Crippen LogP contribution is -2.34. The summed E-state index contributed by atoms with van der Waals surface area (Å²) in [5.74, 6) is 1.26. The third-order valence-corrected chi connectivity index (χ3v) is 4.68. The number of primary amides is 1. The van der Waals surface area contributed by atoms with E-state index in [-0.39, 0.29) is 11.3 Å². The van der Waals surface area contributed by atoms with Crippen molar-refractivity contribution in [2.45, 2.75) is 53.4 Å². The predicted octanol–water partition coefficient (Wildman–Crippen LogP) is 3.55. The highest BCUT2D eigenvalue weighted by Gasteiger charge is 2.39. The fourth-order valence-corrected chi connectivity index (χ4v) is 2.96. The van der Waals surface area contributed by atoms with Gasteiger partial charge >= 0.3 is 0 Å². The van der Waals surface area contributed by atoms with E-state index in [4.69, 9.17) is 10.5 Å². The van der Waals surface area contributed by atoms with Crippen LogP contribution in [0.3, 0.4) is 0 Å². The molecule has 108 valence electrons. The monoisotopic (exact) mass is 265 g/mol. The Kier molecular flexibility index (Phi) is 5.21. The first-order valence-electron chi connectivity index (χ1n) is 7.05. The van der Waals surface area contributed by atoms with Crippen LogP contribution in [0, 0.1) is 11.3 Å². The van der Waals surface area contributed by atoms with Crippen LogP contribution in [0.4, 0.5) is 0 Å². The van der Waals surface area contributed by atoms with Crippen molar-refractivity contribution in [1.29, 1.82) is 0 Å². The quantitative estimate of drug-likeness (QED) is 0.773. The lowest BCUT2D eigenvalue weighted by molar-refractivity contribution is -0.117. The van der Waals surface area contributed by atoms with Crippen molar-refractivity contribution < 1.29 is 9.53 Å². The molecule has 0 aliphatic heterocycles. The van der Waals surface area contributed by atoms with Gasteiger partial charge < -0.3 is 10.5 Å². The van der Waals surface area contributed by atoms with Gasteiger partial charge in [0.25, 0.3) is 0 Å². The molecule has 2 atom stereocenters. The highest BCUT2D eigenvalue weighted by Crippen LogP contribution is 2.48. The molecule has 0 spiro atoms. The Labute approximate surface area is 116 Å². The average molecular weight is 265 g/mol. The average Bonchev–Trinajstić information content (AvgIpc) is 2.38. The van der Waals surface area contributed by atoms with E-state index in [1.807, 2.05) is 0 Å². The number of hydrogen-bond acceptors (Lipinski definition) is 2. The molecule has 1 rings (SSSR count). The number of ether oxygens (including phenoxy) is 1. The Bertz CT molecular complexity index is 409. The molecule has 0 fully saturated rings. The van der Waals surface area contributed by atoms with Gasteiger partial charge in [-0.25, -0.2) is 0 Å². The van der Waals surface area contributed by atoms with Gasteiger partial charge in [-0.15, -0.1) is 0 Å². The third kappa shape index (κ3) is 3.40. The molecule has 19 heavy (non-hydrogen) atoms. The van der Waals surface area contributed by atoms with E-state index in [1.165, 1.54) is 11.1 Å². The van der Waals surface area contributed by atoms with Crippen LogP contribution in [0.5, 0.6) is 0 Å². The summed E-state index contributed by atoms with van der Waals surface area (Å²) in [5.41, 5.74) is 7.90. The molecule has 2 N–H and O–H groups in total. The Balaban J connectivity index is 3.19. The zero-order valence-corrected chi connectivity index (χ0v) is 12.9. The lowest BCUT2D eigenvalue weighted by atomic mass is 9.63. The van der Waals surface area contributed by atoms with Gasteiger partial charge in [0.2, 0.25) is 5.91 Å². The van der Waals surface area contributed by atoms with Crippen LogP contribution in [0.25, 0.3) is 0 Å². The van der Waals surface area contributed by atoms with E-state index in [1.54, 1.807) is 7.11 Å². The number of allylic oxidation sites excluding steroid dienone is 3. The largest absolute Gasteiger partial charge is 0.501 e. The minimum atomic E-state index is -0.246. The van der Waals surface area contributed by atoms with E-state index in [0.717, 1.165) is 25.0 Å². The maximum Gasteiger partial charge on any atom is 0.221 e. The zero-order chi connectivity index (χ0) is 14.6. The van der Waals surface area contributed by atoms with Crippen LogP contribution in [0.1, 0.15) is 53.4 Å². The normalized spacial score (nSPS) is 28.5. The third-order valence-electron chi connectivity index (χ3n) is 4.68. The summed E-state index contributed by atoms with van der Waals surface area (Å²) in [5, 5.41) is 0. The van der Waals surface area contributed by atoms with Crippen LogP contribution in [-0.2, 0) is 9.53 Å². The van der Waals surface area contributed by atoms with E-state index >= 15 is 0 Å². The molecular formula is C16H27NO2. The van der Waals surface area contributed by atoms with Crippen molar-refractivity contribution in [3.05, 3.63) is 23.0 Å². The second-order valence-electron chi connectivity index (χ2n) is 5.86. The van der Waals surface area contributed by atoms with Gasteiger partial charge in [-0.05, 0) is 37.2 Å². The molecule has 0 saturated heterocycles. The molecule has 3 heteroatoms. The molecule has 1 aliphatic carbocycles. The van der Waals surface area contributed by atoms with Crippen molar-refractivity contribution in [2.75, 3.05) is 7.11 Å². The fraction of sp³-hybridized carbons (Fsp3) is 0.688. The van der Waals surface area contributed by atoms with E-state index in [2.05, 4.69) is 33.8 Å². The molecule has 0 saturated carbocycles. The summed E-state index contributed by atoms with van der Waals surface area (Å²) < 4.78 is 5.43. The molecular weight excluding hydrogens is 238 g/mol. The van der Waals surface area contributed by atoms with Gasteiger partial charge in [-0.3, -0.25) is 4.79 Å². The topological polar surface area (TPSA) is 52.3 Å². The Morgan fingerprint density at radius 3 is 2.68 bits per heavy atom. The summed E-state index contributed by atoms with van der Waals surface area (Å²) in [6.07, 6.45) is 5.31. The number of carbonyl (C=O) groups excluding carboxylic acids is 1. The summed E-state index contributed by atoms with van der Waals surface area (Å²) in [4.78, 5) is 11.4. The Morgan fingerprint density at radius 1 is 1.58 bits per heavy atom. The van der Waals surface area contributed by atoms with Crippen molar-refractivity contribution in [1.82, 2.24) is 0 Å². The minimum absolute atomic E-state index is 0.0325. The smallest absolute Gasteiger partial charge is 0.221 e. The summed E-state index contributed by atoms with van der Waals surface area (Å²) in [6.45, 7) is 8.72. The van der Waals surface area contributed by atoms with E-state index in [0.29, 0.717) is 12.3 Å². The molecule has 0 aromatic carbocycles. The molecule has 0 aromatic rings. The Hall–Kier alpha value is -1.25. The van der Waals surface area contributed by atoms with Gasteiger partial charge in [0.05, 0.1) is 12.9 Å². The number of nitrogens with two attached hydrogens (primary N) is 1. The van der Waals surface area contributed by atoms with Crippen LogP contribution in [0.2, 0.25) is 0 Å². The predicted molar refractivity (Wildman–Crippen MR) is 78.4 cm³/mol. The molecule has 1 aliphatic rings. The van der Waals surface area contributed by atoms with Crippen molar-refractivity contribution in [2.24, 2.45) is 17.1 Å². The second kappa shape index (κ2) is 6.27. The summed E-state index contributed by atoms with van der Waals surface area (Å²) in [7, 11) is 1.71. The van der Waals surface area contributed by atoms with Gasteiger partial charge in [0.15, 0.2) is 0 Å². The summed E-state index contributed by atoms with van der Waals surface area (Å²) in [6, 6.07) is 0. The number of carbonyl (C=O) groups is 1. The summed E-state index contributed by atoms with van der Waals surface area (Å²) >= 11 is 0. The number of hydrogen-bond donors (Lipinski definition) is 1. The molecule has 0 radical (unpaired) electrons. The molecule has 0 bridgehead atoms. The van der Waals surface area contributed by atoms with Gasteiger partial charge in [0.1, 0.15) is 0 Å². The van der Waals surface area contributed by atoms with Crippen LogP contribution < -0.4 is 5.73 Å². The fourth-order valence-electron chi connectivity index (χ4n) is 2.96. The molecule has 2 unspecified atom stereocenters. The first kappa shape index (κ1) is 15.8. The van der Waals surface area contributed by atoms with Crippen LogP contribution in [-0.4, -0.2) is 13.0 Å². The lowest BCUT2D eigenvalue weighted by Gasteiger charge is -2.42. The van der Waals surface area contributed by atoms with Crippen LogP contribution in [0.15, 0.2) is 23.0 Å². The second-order valence-corrected chi connectivity index (χ2v) is 5.86. The van der Waals surface area contributed by atoms with E-state index in [9.17, 15) is 4.79 Å². The van der Waals surface area contributed by atoms with Crippen molar-refractivity contribution >= 4 is 5.91 Å². The number of amides is 1. The molecule has 3 nitrogen and oxygen atoms in total. The van der Waals surface area contributed by atoms with Crippen molar-refractivity contribution in [3.63, 3.8) is 0 Å². The SMILES string of the molecule is CC/C(C)=C(/CC(N)=O)C1(C)CC(OC)=CCC1C. The first-order valence-corrected chi connectivity index (χ1v) is 7.05. The molecule has 0 heterocycles. The zero-order valence-electron chi connectivity index (χ0n) is 12.9. The van der Waals surface area contributed by atoms with E-state index < -0.39 is 0 Å². The van der Waals surface area contributed by atoms with Gasteiger partial charge in [0, 0.05) is 12.8 Å². The Morgan fingerprint density at radius 2 is 2.21 bits per heavy atom. The first-order chi connectivity index (χ1) is 8.85. The highest BCUT2D eigenvalue weighted by atomic mass is 16.5. The molecule has 0 aromatic heterocycles. The highest BCUT2D eigenvalue weighted by molar-refractivity contribution is 5.77. The maximum atomic E-state index is 11.4. The number of methoxy groups -OCH3 is 1. The number of rotatable bonds is 5. The molecule has 1 amide bonds. The standard InChI is InChI=1S/C16H27NO2/c1-6-11(2)14(9-15(17)18)16(4)10-13(19-5)8-7-12(16)3/h8,12H,6-7,9-10H2,1-5H3,(H2,17,18)/b14-11-. The minimum Gasteiger partial charge on any atom is -0.501 e. The van der Waals surface area contributed by atoms with Gasteiger partial charge in [-0.1, -0.05) is 31.9 Å². The van der Waals surface area contributed by atoms with Crippen molar-refractivity contribution in [3.8, 4) is 0 Å². The van der Waals surface area contributed by atoms with Gasteiger partial charge in [-0.2, -0.15) is 0 Å². The maximum absolute atomic E-state index is 11.4. The van der Waals surface area contributed by atoms with Crippen LogP contribution >= 0.6 is 0 Å².